The number of halogens is 5. The maximum absolute atomic E-state index is 13.5. The van der Waals surface area contributed by atoms with Crippen molar-refractivity contribution < 1.29 is 17.6 Å². The lowest BCUT2D eigenvalue weighted by Crippen LogP contribution is -2.47. The molecule has 0 amide bonds. The van der Waals surface area contributed by atoms with Crippen molar-refractivity contribution in [1.82, 2.24) is 15.5 Å². The fraction of sp³-hybridized carbons (Fsp3) is 0.611. The van der Waals surface area contributed by atoms with Crippen LogP contribution in [-0.4, -0.2) is 56.3 Å². The highest BCUT2D eigenvalue weighted by atomic mass is 127. The summed E-state index contributed by atoms with van der Waals surface area (Å²) in [6, 6.07) is 6.58. The van der Waals surface area contributed by atoms with E-state index in [2.05, 4.69) is 15.6 Å². The number of nitrogens with one attached hydrogen (secondary N) is 2. The van der Waals surface area contributed by atoms with Gasteiger partial charge in [-0.05, 0) is 37.0 Å². The molecule has 2 aliphatic rings. The van der Waals surface area contributed by atoms with Gasteiger partial charge in [-0.15, -0.1) is 24.0 Å². The van der Waals surface area contributed by atoms with Crippen LogP contribution >= 0.6 is 24.0 Å². The first kappa shape index (κ1) is 22.2. The third kappa shape index (κ3) is 6.20. The highest BCUT2D eigenvalue weighted by Gasteiger charge is 2.44. The van der Waals surface area contributed by atoms with Crippen molar-refractivity contribution in [2.75, 3.05) is 33.2 Å². The first-order valence-electron chi connectivity index (χ1n) is 8.82. The van der Waals surface area contributed by atoms with Gasteiger partial charge in [-0.25, -0.2) is 4.39 Å². The van der Waals surface area contributed by atoms with E-state index < -0.39 is 12.7 Å². The van der Waals surface area contributed by atoms with Crippen LogP contribution in [0.5, 0.6) is 0 Å². The first-order chi connectivity index (χ1) is 12.3. The van der Waals surface area contributed by atoms with Crippen molar-refractivity contribution in [1.29, 1.82) is 0 Å². The van der Waals surface area contributed by atoms with Gasteiger partial charge in [-0.3, -0.25) is 9.89 Å². The van der Waals surface area contributed by atoms with Crippen molar-refractivity contribution in [3.05, 3.63) is 35.6 Å². The number of hydrogen-bond donors (Lipinski definition) is 2. The maximum Gasteiger partial charge on any atom is 0.401 e. The first-order valence-corrected chi connectivity index (χ1v) is 8.82. The summed E-state index contributed by atoms with van der Waals surface area (Å²) in [5, 5.41) is 6.46. The van der Waals surface area contributed by atoms with Gasteiger partial charge in [0, 0.05) is 38.1 Å². The highest BCUT2D eigenvalue weighted by molar-refractivity contribution is 14.0. The van der Waals surface area contributed by atoms with Gasteiger partial charge in [0.15, 0.2) is 5.96 Å². The predicted molar refractivity (Wildman–Crippen MR) is 108 cm³/mol. The zero-order chi connectivity index (χ0) is 18.8. The number of hydrogen-bond acceptors (Lipinski definition) is 2. The summed E-state index contributed by atoms with van der Waals surface area (Å²) in [5.74, 6) is 0.332. The number of alkyl halides is 3. The summed E-state index contributed by atoms with van der Waals surface area (Å²) in [7, 11) is 1.64. The van der Waals surface area contributed by atoms with Crippen molar-refractivity contribution in [2.24, 2.45) is 4.99 Å². The number of benzene rings is 1. The number of aliphatic imine (C=N–C) groups is 1. The summed E-state index contributed by atoms with van der Waals surface area (Å²) in [6.45, 7) is 0.506. The molecule has 1 aromatic carbocycles. The molecule has 1 saturated heterocycles. The molecule has 2 N–H and O–H groups in total. The Bertz CT molecular complexity index is 661. The van der Waals surface area contributed by atoms with E-state index >= 15 is 0 Å². The molecular formula is C18H25F4IN4. The smallest absolute Gasteiger partial charge is 0.356 e. The second kappa shape index (κ2) is 8.93. The molecule has 0 radical (unpaired) electrons. The van der Waals surface area contributed by atoms with E-state index in [9.17, 15) is 17.6 Å². The zero-order valence-electron chi connectivity index (χ0n) is 15.2. The van der Waals surface area contributed by atoms with E-state index in [1.165, 1.54) is 11.0 Å². The molecule has 4 nitrogen and oxygen atoms in total. The molecule has 3 rings (SSSR count). The maximum atomic E-state index is 13.5. The molecule has 0 aromatic heterocycles. The Morgan fingerprint density at radius 3 is 2.67 bits per heavy atom. The monoisotopic (exact) mass is 500 g/mol. The van der Waals surface area contributed by atoms with Crippen molar-refractivity contribution in [3.8, 4) is 0 Å². The van der Waals surface area contributed by atoms with Crippen LogP contribution in [0.15, 0.2) is 29.3 Å². The van der Waals surface area contributed by atoms with Gasteiger partial charge in [0.2, 0.25) is 0 Å². The van der Waals surface area contributed by atoms with Crippen LogP contribution in [0, 0.1) is 5.82 Å². The summed E-state index contributed by atoms with van der Waals surface area (Å²) >= 11 is 0. The molecule has 2 fully saturated rings. The molecule has 1 atom stereocenters. The summed E-state index contributed by atoms with van der Waals surface area (Å²) in [5.41, 5.74) is 0.884. The lowest BCUT2D eigenvalue weighted by Gasteiger charge is -2.22. The van der Waals surface area contributed by atoms with E-state index in [-0.39, 0.29) is 41.3 Å². The van der Waals surface area contributed by atoms with Crippen LogP contribution in [0.3, 0.4) is 0 Å². The third-order valence-corrected chi connectivity index (χ3v) is 5.12. The quantitative estimate of drug-likeness (QED) is 0.282. The van der Waals surface area contributed by atoms with Crippen LogP contribution in [0.1, 0.15) is 24.8 Å². The predicted octanol–water partition coefficient (Wildman–Crippen LogP) is 3.28. The van der Waals surface area contributed by atoms with Crippen molar-refractivity contribution in [3.63, 3.8) is 0 Å². The molecule has 1 saturated carbocycles. The molecule has 1 aromatic rings. The minimum Gasteiger partial charge on any atom is -0.356 e. The van der Waals surface area contributed by atoms with Gasteiger partial charge in [0.1, 0.15) is 5.82 Å². The van der Waals surface area contributed by atoms with E-state index in [0.717, 1.165) is 18.4 Å². The average molecular weight is 500 g/mol. The fourth-order valence-corrected chi connectivity index (χ4v) is 3.53. The van der Waals surface area contributed by atoms with Gasteiger partial charge >= 0.3 is 6.18 Å². The molecule has 1 aliphatic heterocycles. The standard InChI is InChI=1S/C18H24F4N4.HI/c1-23-16(25-15-5-8-26(10-15)12-18(20,21)22)24-11-17(6-7-17)13-3-2-4-14(19)9-13;/h2-4,9,15H,5-8,10-12H2,1H3,(H2,23,24,25);1H. The van der Waals surface area contributed by atoms with Crippen molar-refractivity contribution >= 4 is 29.9 Å². The summed E-state index contributed by atoms with van der Waals surface area (Å²) < 4.78 is 50.9. The van der Waals surface area contributed by atoms with E-state index in [0.29, 0.717) is 32.0 Å². The van der Waals surface area contributed by atoms with Crippen LogP contribution < -0.4 is 10.6 Å². The topological polar surface area (TPSA) is 39.7 Å². The fourth-order valence-electron chi connectivity index (χ4n) is 3.53. The molecule has 1 heterocycles. The second-order valence-electron chi connectivity index (χ2n) is 7.20. The van der Waals surface area contributed by atoms with E-state index in [1.807, 2.05) is 6.07 Å². The van der Waals surface area contributed by atoms with E-state index in [1.54, 1.807) is 19.2 Å². The Kier molecular flexibility index (Phi) is 7.34. The van der Waals surface area contributed by atoms with Gasteiger partial charge in [0.05, 0.1) is 6.54 Å². The Morgan fingerprint density at radius 2 is 2.07 bits per heavy atom. The molecule has 27 heavy (non-hydrogen) atoms. The normalized spacial score (nSPS) is 22.3. The molecule has 0 spiro atoms. The zero-order valence-corrected chi connectivity index (χ0v) is 17.5. The third-order valence-electron chi connectivity index (χ3n) is 5.12. The molecule has 1 aliphatic carbocycles. The van der Waals surface area contributed by atoms with Crippen LogP contribution in [0.4, 0.5) is 17.6 Å². The number of guanidine groups is 1. The van der Waals surface area contributed by atoms with Gasteiger partial charge in [-0.2, -0.15) is 13.2 Å². The van der Waals surface area contributed by atoms with Crippen LogP contribution in [0.25, 0.3) is 0 Å². The molecular weight excluding hydrogens is 475 g/mol. The molecule has 1 unspecified atom stereocenters. The lowest BCUT2D eigenvalue weighted by atomic mass is 9.96. The molecule has 9 heteroatoms. The largest absolute Gasteiger partial charge is 0.401 e. The van der Waals surface area contributed by atoms with Gasteiger partial charge in [0.25, 0.3) is 0 Å². The minimum absolute atomic E-state index is 0. The highest BCUT2D eigenvalue weighted by Crippen LogP contribution is 2.47. The van der Waals surface area contributed by atoms with Gasteiger partial charge in [-0.1, -0.05) is 12.1 Å². The number of nitrogens with zero attached hydrogens (tertiary/aromatic N) is 2. The van der Waals surface area contributed by atoms with Crippen molar-refractivity contribution in [2.45, 2.75) is 36.9 Å². The minimum atomic E-state index is -4.17. The Balaban J connectivity index is 0.00000261. The van der Waals surface area contributed by atoms with Crippen LogP contribution in [-0.2, 0) is 5.41 Å². The SMILES string of the molecule is CN=C(NCC1(c2cccc(F)c2)CC1)NC1CCN(CC(F)(F)F)C1.I. The average Bonchev–Trinajstić information content (AvgIpc) is 3.25. The molecule has 0 bridgehead atoms. The van der Waals surface area contributed by atoms with E-state index in [4.69, 9.17) is 0 Å². The Morgan fingerprint density at radius 1 is 1.33 bits per heavy atom. The Labute approximate surface area is 173 Å². The Hall–Kier alpha value is -1.10. The van der Waals surface area contributed by atoms with Gasteiger partial charge < -0.3 is 10.6 Å². The summed E-state index contributed by atoms with van der Waals surface area (Å²) in [4.78, 5) is 5.58. The second-order valence-corrected chi connectivity index (χ2v) is 7.20. The lowest BCUT2D eigenvalue weighted by molar-refractivity contribution is -0.143. The molecule has 152 valence electrons. The number of likely N-dealkylation sites (tertiary alicyclic amines) is 1. The number of rotatable bonds is 5. The van der Waals surface area contributed by atoms with Crippen LogP contribution in [0.2, 0.25) is 0 Å². The summed E-state index contributed by atoms with van der Waals surface area (Å²) in [6.07, 6.45) is -1.57.